The van der Waals surface area contributed by atoms with E-state index in [-0.39, 0.29) is 37.0 Å². The van der Waals surface area contributed by atoms with E-state index in [0.717, 1.165) is 47.2 Å². The molecule has 0 spiro atoms. The van der Waals surface area contributed by atoms with Crippen LogP contribution in [0.2, 0.25) is 0 Å². The third-order valence-corrected chi connectivity index (χ3v) is 9.58. The van der Waals surface area contributed by atoms with Crippen LogP contribution in [-0.4, -0.2) is 68.2 Å². The number of nitrogens with two attached hydrogens (primary N) is 1. The first-order valence-electron chi connectivity index (χ1n) is 16.0. The summed E-state index contributed by atoms with van der Waals surface area (Å²) in [4.78, 5) is 36.9. The van der Waals surface area contributed by atoms with Crippen LogP contribution in [0.4, 0.5) is 14.5 Å². The second-order valence-corrected chi connectivity index (χ2v) is 13.1. The minimum atomic E-state index is -1.16. The van der Waals surface area contributed by atoms with Gasteiger partial charge >= 0.3 is 0 Å². The summed E-state index contributed by atoms with van der Waals surface area (Å²) in [5.41, 5.74) is 11.6. The molecule has 1 saturated heterocycles. The Morgan fingerprint density at radius 3 is 2.70 bits per heavy atom. The number of nitrogens with one attached hydrogen (secondary N) is 1. The standard InChI is InChI=1S/C35H35F2N7O3/c1-42-32-27(11-22(13-29(32)47-2)35(46)43-16-23(36)14-24(38)17-43)40-34(42)28-12-20-5-7-26(39-33(20)44(28)15-18-3-4-18)21-9-19-6-8-30(45)41-31(19)25(37)10-21/h5,7,9-13,18,23-24H,3-4,6,8,14-17,38H2,1-2H3,(H,41,45)/t23-,24-/m1/s1. The van der Waals surface area contributed by atoms with Gasteiger partial charge in [-0.3, -0.25) is 9.59 Å². The quantitative estimate of drug-likeness (QED) is 0.263. The van der Waals surface area contributed by atoms with E-state index in [2.05, 4.69) is 16.0 Å². The van der Waals surface area contributed by atoms with E-state index >= 15 is 4.39 Å². The summed E-state index contributed by atoms with van der Waals surface area (Å²) in [7, 11) is 3.47. The van der Waals surface area contributed by atoms with Gasteiger partial charge in [-0.2, -0.15) is 0 Å². The van der Waals surface area contributed by atoms with Gasteiger partial charge in [0.05, 0.1) is 36.2 Å². The summed E-state index contributed by atoms with van der Waals surface area (Å²) in [5.74, 6) is 0.724. The van der Waals surface area contributed by atoms with Crippen molar-refractivity contribution in [2.45, 2.75) is 50.9 Å². The number of likely N-dealkylation sites (tertiary alicyclic amines) is 1. The van der Waals surface area contributed by atoms with E-state index in [4.69, 9.17) is 20.4 Å². The second-order valence-electron chi connectivity index (χ2n) is 13.1. The van der Waals surface area contributed by atoms with Gasteiger partial charge in [0.25, 0.3) is 5.91 Å². The molecule has 242 valence electrons. The maximum atomic E-state index is 15.1. The van der Waals surface area contributed by atoms with Gasteiger partial charge in [-0.1, -0.05) is 0 Å². The molecule has 0 unspecified atom stereocenters. The van der Waals surface area contributed by atoms with Crippen LogP contribution in [0.5, 0.6) is 5.75 Å². The number of imidazole rings is 1. The Bertz CT molecular complexity index is 2090. The van der Waals surface area contributed by atoms with Crippen molar-refractivity contribution in [3.05, 3.63) is 59.4 Å². The summed E-state index contributed by atoms with van der Waals surface area (Å²) in [6.45, 7) is 1.05. The van der Waals surface area contributed by atoms with Crippen molar-refractivity contribution < 1.29 is 23.1 Å². The molecular weight excluding hydrogens is 604 g/mol. The van der Waals surface area contributed by atoms with E-state index in [9.17, 15) is 14.0 Å². The highest BCUT2D eigenvalue weighted by atomic mass is 19.1. The number of carbonyl (C=O) groups excluding carboxylic acids is 2. The molecule has 2 aliphatic heterocycles. The monoisotopic (exact) mass is 639 g/mol. The number of hydrogen-bond acceptors (Lipinski definition) is 6. The zero-order valence-electron chi connectivity index (χ0n) is 26.2. The van der Waals surface area contributed by atoms with Crippen molar-refractivity contribution in [1.29, 1.82) is 0 Å². The number of carbonyl (C=O) groups is 2. The molecule has 3 aliphatic rings. The maximum Gasteiger partial charge on any atom is 0.254 e. The highest BCUT2D eigenvalue weighted by molar-refractivity contribution is 6.00. The Balaban J connectivity index is 1.22. The van der Waals surface area contributed by atoms with Crippen molar-refractivity contribution in [3.8, 4) is 28.5 Å². The van der Waals surface area contributed by atoms with Gasteiger partial charge in [0.1, 0.15) is 28.9 Å². The molecule has 5 aromatic rings. The van der Waals surface area contributed by atoms with Crippen LogP contribution in [0.15, 0.2) is 42.5 Å². The zero-order chi connectivity index (χ0) is 32.6. The van der Waals surface area contributed by atoms with Gasteiger partial charge in [-0.25, -0.2) is 18.7 Å². The number of rotatable bonds is 6. The summed E-state index contributed by atoms with van der Waals surface area (Å²) in [6.07, 6.45) is 2.13. The lowest BCUT2D eigenvalue weighted by atomic mass is 9.98. The van der Waals surface area contributed by atoms with E-state index in [1.54, 1.807) is 19.2 Å². The Hall–Kier alpha value is -4.84. The summed E-state index contributed by atoms with van der Waals surface area (Å²) in [6, 6.07) is 12.3. The van der Waals surface area contributed by atoms with Crippen LogP contribution in [-0.2, 0) is 24.8 Å². The van der Waals surface area contributed by atoms with Crippen molar-refractivity contribution in [3.63, 3.8) is 0 Å². The number of nitrogens with zero attached hydrogens (tertiary/aromatic N) is 5. The maximum absolute atomic E-state index is 15.1. The number of hydrogen-bond donors (Lipinski definition) is 2. The number of benzene rings is 2. The first-order valence-corrected chi connectivity index (χ1v) is 16.0. The molecule has 12 heteroatoms. The van der Waals surface area contributed by atoms with Crippen molar-refractivity contribution in [1.82, 2.24) is 24.0 Å². The van der Waals surface area contributed by atoms with Gasteiger partial charge in [-0.15, -0.1) is 0 Å². The van der Waals surface area contributed by atoms with Crippen molar-refractivity contribution in [2.75, 3.05) is 25.5 Å². The highest BCUT2D eigenvalue weighted by Gasteiger charge is 2.31. The SMILES string of the molecule is COc1cc(C(=O)N2C[C@H](N)C[C@@H](F)C2)cc2nc(-c3cc4ccc(-c5cc(F)c6c(c5)CCC(=O)N6)nc4n3CC3CC3)n(C)c12. The molecule has 3 N–H and O–H groups in total. The number of amides is 2. The average Bonchev–Trinajstić information content (AvgIpc) is 3.72. The number of anilines is 1. The molecule has 47 heavy (non-hydrogen) atoms. The van der Waals surface area contributed by atoms with Crippen molar-refractivity contribution >= 4 is 39.6 Å². The molecule has 8 rings (SSSR count). The minimum Gasteiger partial charge on any atom is -0.494 e. The lowest BCUT2D eigenvalue weighted by molar-refractivity contribution is -0.116. The molecule has 5 heterocycles. The first-order chi connectivity index (χ1) is 22.7. The molecule has 0 radical (unpaired) electrons. The molecule has 3 aromatic heterocycles. The Kier molecular flexibility index (Phi) is 7.01. The number of ether oxygens (including phenoxy) is 1. The second kappa shape index (κ2) is 11.2. The number of alkyl halides is 1. The number of piperidine rings is 1. The van der Waals surface area contributed by atoms with E-state index < -0.39 is 18.0 Å². The van der Waals surface area contributed by atoms with Crippen LogP contribution in [0.1, 0.15) is 41.6 Å². The fourth-order valence-electron chi connectivity index (χ4n) is 7.06. The third-order valence-electron chi connectivity index (χ3n) is 9.58. The van der Waals surface area contributed by atoms with Gasteiger partial charge in [-0.05, 0) is 79.6 Å². The highest BCUT2D eigenvalue weighted by Crippen LogP contribution is 2.39. The molecule has 2 amide bonds. The predicted molar refractivity (Wildman–Crippen MR) is 174 cm³/mol. The molecule has 1 saturated carbocycles. The Morgan fingerprint density at radius 1 is 1.11 bits per heavy atom. The number of methoxy groups -OCH3 is 1. The van der Waals surface area contributed by atoms with Crippen LogP contribution in [0.3, 0.4) is 0 Å². The van der Waals surface area contributed by atoms with Gasteiger partial charge in [0, 0.05) is 49.1 Å². The molecule has 10 nitrogen and oxygen atoms in total. The summed E-state index contributed by atoms with van der Waals surface area (Å²) >= 11 is 0. The van der Waals surface area contributed by atoms with Crippen LogP contribution < -0.4 is 15.8 Å². The summed E-state index contributed by atoms with van der Waals surface area (Å²) < 4.78 is 39.3. The molecule has 2 atom stereocenters. The number of pyridine rings is 1. The minimum absolute atomic E-state index is 0.00523. The fraction of sp³-hybridized carbons (Fsp3) is 0.371. The smallest absolute Gasteiger partial charge is 0.254 e. The largest absolute Gasteiger partial charge is 0.494 e. The van der Waals surface area contributed by atoms with Crippen molar-refractivity contribution in [2.24, 2.45) is 18.7 Å². The Labute approximate surface area is 269 Å². The van der Waals surface area contributed by atoms with Gasteiger partial charge < -0.3 is 29.8 Å². The van der Waals surface area contributed by atoms with Crippen LogP contribution >= 0.6 is 0 Å². The number of fused-ring (bicyclic) bond motifs is 3. The van der Waals surface area contributed by atoms with Crippen LogP contribution in [0.25, 0.3) is 44.8 Å². The number of aryl methyl sites for hydroxylation is 2. The number of halogens is 2. The fourth-order valence-corrected chi connectivity index (χ4v) is 7.06. The molecule has 1 aliphatic carbocycles. The molecule has 2 aromatic carbocycles. The lowest BCUT2D eigenvalue weighted by Crippen LogP contribution is -2.50. The van der Waals surface area contributed by atoms with E-state index in [1.807, 2.05) is 29.8 Å². The normalized spacial score (nSPS) is 19.7. The lowest BCUT2D eigenvalue weighted by Gasteiger charge is -2.33. The van der Waals surface area contributed by atoms with E-state index in [0.29, 0.717) is 52.7 Å². The number of aromatic nitrogens is 4. The predicted octanol–water partition coefficient (Wildman–Crippen LogP) is 5.21. The first kappa shape index (κ1) is 29.6. The Morgan fingerprint density at radius 2 is 1.94 bits per heavy atom. The average molecular weight is 640 g/mol. The zero-order valence-corrected chi connectivity index (χ0v) is 26.2. The van der Waals surface area contributed by atoms with E-state index in [1.165, 1.54) is 11.0 Å². The van der Waals surface area contributed by atoms with Gasteiger partial charge in [0.2, 0.25) is 5.91 Å². The van der Waals surface area contributed by atoms with Crippen LogP contribution in [0, 0.1) is 11.7 Å². The topological polar surface area (TPSA) is 120 Å². The molecular formula is C35H35F2N7O3. The third kappa shape index (κ3) is 5.20. The molecule has 2 fully saturated rings. The molecule has 0 bridgehead atoms. The van der Waals surface area contributed by atoms with Gasteiger partial charge in [0.15, 0.2) is 5.82 Å². The summed E-state index contributed by atoms with van der Waals surface area (Å²) in [5, 5.41) is 3.58.